The van der Waals surface area contributed by atoms with Crippen LogP contribution in [0.25, 0.3) is 0 Å². The van der Waals surface area contributed by atoms with Gasteiger partial charge in [-0.3, -0.25) is 0 Å². The largest absolute Gasteiger partial charge is 0.467 e. The molecule has 0 spiro atoms. The Balaban J connectivity index is 1.93. The quantitative estimate of drug-likeness (QED) is 0.809. The minimum atomic E-state index is -0.386. The molecule has 4 nitrogen and oxygen atoms in total. The topological polar surface area (TPSA) is 51.5 Å². The summed E-state index contributed by atoms with van der Waals surface area (Å²) in [6.07, 6.45) is 2.55. The summed E-state index contributed by atoms with van der Waals surface area (Å²) in [4.78, 5) is 11.3. The van der Waals surface area contributed by atoms with Gasteiger partial charge in [0.05, 0.1) is 19.2 Å². The number of hydrogen-bond acceptors (Lipinski definition) is 4. The van der Waals surface area contributed by atoms with E-state index in [2.05, 4.69) is 48.2 Å². The Morgan fingerprint density at radius 2 is 2.05 bits per heavy atom. The van der Waals surface area contributed by atoms with E-state index in [-0.39, 0.29) is 5.97 Å². The molecule has 0 aliphatic rings. The highest BCUT2D eigenvalue weighted by Gasteiger charge is 2.10. The summed E-state index contributed by atoms with van der Waals surface area (Å²) in [5.41, 5.74) is 2.80. The number of carbonyl (C=O) groups is 1. The van der Waals surface area contributed by atoms with Crippen LogP contribution in [0.3, 0.4) is 0 Å². The Kier molecular flexibility index (Phi) is 5.04. The van der Waals surface area contributed by atoms with Crippen LogP contribution in [0.15, 0.2) is 41.0 Å². The maximum absolute atomic E-state index is 11.3. The van der Waals surface area contributed by atoms with E-state index in [0.717, 1.165) is 12.1 Å². The number of esters is 1. The highest BCUT2D eigenvalue weighted by molar-refractivity contribution is 5.88. The van der Waals surface area contributed by atoms with E-state index in [1.54, 1.807) is 6.07 Å². The van der Waals surface area contributed by atoms with Crippen LogP contribution in [0.2, 0.25) is 0 Å². The molecule has 2 rings (SSSR count). The van der Waals surface area contributed by atoms with Crippen molar-refractivity contribution in [3.05, 3.63) is 53.5 Å². The van der Waals surface area contributed by atoms with Gasteiger partial charge in [-0.25, -0.2) is 4.79 Å². The van der Waals surface area contributed by atoms with Gasteiger partial charge in [0, 0.05) is 5.69 Å². The number of carbonyl (C=O) groups excluding carboxylic acids is 1. The molecule has 1 aromatic heterocycles. The summed E-state index contributed by atoms with van der Waals surface area (Å²) < 4.78 is 9.96. The van der Waals surface area contributed by atoms with E-state index in [0.29, 0.717) is 23.8 Å². The van der Waals surface area contributed by atoms with Crippen molar-refractivity contribution in [3.63, 3.8) is 0 Å². The maximum Gasteiger partial charge on any atom is 0.341 e. The summed E-state index contributed by atoms with van der Waals surface area (Å²) in [7, 11) is 1.35. The molecule has 1 atom stereocenters. The SMILES string of the molecule is CCC(C)c1ccc(NCc2cc(C(=O)OC)co2)cc1. The molecule has 1 N–H and O–H groups in total. The molecule has 0 fully saturated rings. The molecular weight excluding hydrogens is 266 g/mol. The fourth-order valence-electron chi connectivity index (χ4n) is 2.05. The summed E-state index contributed by atoms with van der Waals surface area (Å²) in [6, 6.07) is 10.1. The Hall–Kier alpha value is -2.23. The number of furan rings is 1. The molecule has 112 valence electrons. The number of anilines is 1. The highest BCUT2D eigenvalue weighted by atomic mass is 16.5. The second-order valence-electron chi connectivity index (χ2n) is 5.08. The van der Waals surface area contributed by atoms with Crippen LogP contribution < -0.4 is 5.32 Å². The van der Waals surface area contributed by atoms with Gasteiger partial charge in [0.15, 0.2) is 0 Å². The lowest BCUT2D eigenvalue weighted by Gasteiger charge is -2.10. The smallest absolute Gasteiger partial charge is 0.341 e. The fraction of sp³-hybridized carbons (Fsp3) is 0.353. The zero-order valence-electron chi connectivity index (χ0n) is 12.7. The van der Waals surface area contributed by atoms with Gasteiger partial charge in [-0.2, -0.15) is 0 Å². The van der Waals surface area contributed by atoms with Crippen molar-refractivity contribution in [2.75, 3.05) is 12.4 Å². The van der Waals surface area contributed by atoms with Crippen molar-refractivity contribution in [1.82, 2.24) is 0 Å². The molecule has 0 aliphatic carbocycles. The van der Waals surface area contributed by atoms with Crippen LogP contribution in [0.4, 0.5) is 5.69 Å². The van der Waals surface area contributed by atoms with Crippen molar-refractivity contribution in [1.29, 1.82) is 0 Å². The average Bonchev–Trinajstić information content (AvgIpc) is 3.01. The molecule has 0 bridgehead atoms. The van der Waals surface area contributed by atoms with Crippen molar-refractivity contribution in [2.45, 2.75) is 32.7 Å². The number of methoxy groups -OCH3 is 1. The molecule has 0 saturated heterocycles. The fourth-order valence-corrected chi connectivity index (χ4v) is 2.05. The summed E-state index contributed by atoms with van der Waals surface area (Å²) >= 11 is 0. The minimum absolute atomic E-state index is 0.386. The van der Waals surface area contributed by atoms with Crippen molar-refractivity contribution < 1.29 is 13.9 Å². The van der Waals surface area contributed by atoms with E-state index in [9.17, 15) is 4.79 Å². The normalized spacial score (nSPS) is 12.0. The molecule has 1 heterocycles. The van der Waals surface area contributed by atoms with Crippen molar-refractivity contribution in [2.24, 2.45) is 0 Å². The van der Waals surface area contributed by atoms with Crippen LogP contribution in [-0.2, 0) is 11.3 Å². The molecule has 21 heavy (non-hydrogen) atoms. The lowest BCUT2D eigenvalue weighted by atomic mass is 9.99. The first-order valence-corrected chi connectivity index (χ1v) is 7.13. The lowest BCUT2D eigenvalue weighted by Crippen LogP contribution is -2.00. The Morgan fingerprint density at radius 3 is 2.67 bits per heavy atom. The Labute approximate surface area is 125 Å². The van der Waals surface area contributed by atoms with E-state index < -0.39 is 0 Å². The molecular formula is C17H21NO3. The van der Waals surface area contributed by atoms with Gasteiger partial charge < -0.3 is 14.5 Å². The number of hydrogen-bond donors (Lipinski definition) is 1. The van der Waals surface area contributed by atoms with E-state index in [1.807, 2.05) is 0 Å². The number of nitrogens with one attached hydrogen (secondary N) is 1. The Morgan fingerprint density at radius 1 is 1.33 bits per heavy atom. The predicted molar refractivity (Wildman–Crippen MR) is 82.5 cm³/mol. The Bertz CT molecular complexity index is 586. The van der Waals surface area contributed by atoms with Crippen molar-refractivity contribution in [3.8, 4) is 0 Å². The van der Waals surface area contributed by atoms with Crippen LogP contribution in [0.5, 0.6) is 0 Å². The van der Waals surface area contributed by atoms with Gasteiger partial charge >= 0.3 is 5.97 Å². The third-order valence-corrected chi connectivity index (χ3v) is 3.63. The van der Waals surface area contributed by atoms with Crippen molar-refractivity contribution >= 4 is 11.7 Å². The number of ether oxygens (including phenoxy) is 1. The van der Waals surface area contributed by atoms with Gasteiger partial charge in [-0.05, 0) is 36.1 Å². The van der Waals surface area contributed by atoms with Gasteiger partial charge in [0.1, 0.15) is 12.0 Å². The van der Waals surface area contributed by atoms with E-state index in [4.69, 9.17) is 4.42 Å². The molecule has 0 radical (unpaired) electrons. The van der Waals surface area contributed by atoms with E-state index >= 15 is 0 Å². The van der Waals surface area contributed by atoms with Gasteiger partial charge in [0.2, 0.25) is 0 Å². The van der Waals surface area contributed by atoms with Gasteiger partial charge in [-0.1, -0.05) is 26.0 Å². The number of rotatable bonds is 6. The predicted octanol–water partition coefficient (Wildman–Crippen LogP) is 4.19. The van der Waals surface area contributed by atoms with Crippen LogP contribution in [0, 0.1) is 0 Å². The standard InChI is InChI=1S/C17H21NO3/c1-4-12(2)13-5-7-15(8-6-13)18-10-16-9-14(11-21-16)17(19)20-3/h5-9,11-12,18H,4,10H2,1-3H3. The molecule has 0 amide bonds. The number of benzene rings is 1. The first kappa shape index (κ1) is 15.2. The second kappa shape index (κ2) is 6.97. The average molecular weight is 287 g/mol. The zero-order valence-corrected chi connectivity index (χ0v) is 12.7. The monoisotopic (exact) mass is 287 g/mol. The van der Waals surface area contributed by atoms with E-state index in [1.165, 1.54) is 18.9 Å². The van der Waals surface area contributed by atoms with Crippen LogP contribution in [-0.4, -0.2) is 13.1 Å². The first-order chi connectivity index (χ1) is 10.1. The first-order valence-electron chi connectivity index (χ1n) is 7.13. The molecule has 1 aromatic carbocycles. The second-order valence-corrected chi connectivity index (χ2v) is 5.08. The summed E-state index contributed by atoms with van der Waals surface area (Å²) in [5, 5.41) is 3.27. The highest BCUT2D eigenvalue weighted by Crippen LogP contribution is 2.21. The zero-order chi connectivity index (χ0) is 15.2. The molecule has 0 saturated carbocycles. The molecule has 2 aromatic rings. The van der Waals surface area contributed by atoms with Gasteiger partial charge in [-0.15, -0.1) is 0 Å². The summed E-state index contributed by atoms with van der Waals surface area (Å²) in [6.45, 7) is 4.94. The minimum Gasteiger partial charge on any atom is -0.467 e. The molecule has 4 heteroatoms. The lowest BCUT2D eigenvalue weighted by molar-refractivity contribution is 0.0600. The van der Waals surface area contributed by atoms with Gasteiger partial charge in [0.25, 0.3) is 0 Å². The van der Waals surface area contributed by atoms with Crippen LogP contribution >= 0.6 is 0 Å². The maximum atomic E-state index is 11.3. The third kappa shape index (κ3) is 3.88. The van der Waals surface area contributed by atoms with Crippen LogP contribution in [0.1, 0.15) is 47.9 Å². The summed E-state index contributed by atoms with van der Waals surface area (Å²) in [5.74, 6) is 0.885. The third-order valence-electron chi connectivity index (χ3n) is 3.63. The molecule has 0 aliphatic heterocycles. The molecule has 1 unspecified atom stereocenters.